The van der Waals surface area contributed by atoms with Gasteiger partial charge in [-0.05, 0) is 12.1 Å². The van der Waals surface area contributed by atoms with Crippen molar-refractivity contribution >= 4 is 23.5 Å². The van der Waals surface area contributed by atoms with Crippen LogP contribution in [-0.2, 0) is 4.84 Å². The van der Waals surface area contributed by atoms with Gasteiger partial charge in [-0.1, -0.05) is 5.16 Å². The number of hydrogen-bond donors (Lipinski definition) is 2. The Morgan fingerprint density at radius 2 is 2.15 bits per heavy atom. The van der Waals surface area contributed by atoms with Gasteiger partial charge in [0.1, 0.15) is 36.7 Å². The number of rotatable bonds is 4. The van der Waals surface area contributed by atoms with Gasteiger partial charge >= 0.3 is 0 Å². The first-order valence-corrected chi connectivity index (χ1v) is 5.51. The molecule has 0 saturated heterocycles. The van der Waals surface area contributed by atoms with E-state index in [0.29, 0.717) is 5.56 Å². The number of oxime groups is 1. The quantitative estimate of drug-likeness (QED) is 0.661. The van der Waals surface area contributed by atoms with Crippen LogP contribution in [-0.4, -0.2) is 23.3 Å². The Balaban J connectivity index is 2.38. The van der Waals surface area contributed by atoms with Crippen molar-refractivity contribution in [3.63, 3.8) is 0 Å². The lowest BCUT2D eigenvalue weighted by molar-refractivity contribution is 0.215. The number of hydrogen-bond acceptors (Lipinski definition) is 6. The van der Waals surface area contributed by atoms with E-state index >= 15 is 0 Å². The molecule has 20 heavy (non-hydrogen) atoms. The molecule has 1 heterocycles. The van der Waals surface area contributed by atoms with E-state index in [2.05, 4.69) is 25.3 Å². The van der Waals surface area contributed by atoms with Crippen LogP contribution in [0.15, 0.2) is 29.7 Å². The number of benzene rings is 1. The fourth-order valence-corrected chi connectivity index (χ4v) is 1.46. The molecule has 0 saturated carbocycles. The van der Waals surface area contributed by atoms with Gasteiger partial charge in [0.25, 0.3) is 0 Å². The van der Waals surface area contributed by atoms with Crippen molar-refractivity contribution in [1.29, 1.82) is 0 Å². The summed E-state index contributed by atoms with van der Waals surface area (Å²) in [7, 11) is 1.36. The molecular weight excluding hydrogens is 268 g/mol. The van der Waals surface area contributed by atoms with Crippen molar-refractivity contribution in [3.8, 4) is 0 Å². The predicted molar refractivity (Wildman–Crippen MR) is 70.7 cm³/mol. The highest BCUT2D eigenvalue weighted by Crippen LogP contribution is 2.23. The van der Waals surface area contributed by atoms with Crippen molar-refractivity contribution in [2.45, 2.75) is 0 Å². The summed E-state index contributed by atoms with van der Waals surface area (Å²) < 4.78 is 26.4. The molecule has 0 aliphatic rings. The molecule has 6 nitrogen and oxygen atoms in total. The first-order valence-electron chi connectivity index (χ1n) is 5.51. The largest absolute Gasteiger partial charge is 0.399 e. The highest BCUT2D eigenvalue weighted by atomic mass is 19.1. The van der Waals surface area contributed by atoms with Crippen LogP contribution >= 0.6 is 0 Å². The van der Waals surface area contributed by atoms with Crippen molar-refractivity contribution in [2.24, 2.45) is 5.16 Å². The van der Waals surface area contributed by atoms with Gasteiger partial charge in [0.2, 0.25) is 0 Å². The maximum atomic E-state index is 13.6. The van der Waals surface area contributed by atoms with Crippen LogP contribution in [0.25, 0.3) is 0 Å². The van der Waals surface area contributed by atoms with Gasteiger partial charge < -0.3 is 15.9 Å². The fourth-order valence-electron chi connectivity index (χ4n) is 1.46. The van der Waals surface area contributed by atoms with Crippen molar-refractivity contribution in [1.82, 2.24) is 9.97 Å². The topological polar surface area (TPSA) is 85.4 Å². The second-order valence-corrected chi connectivity index (χ2v) is 3.69. The van der Waals surface area contributed by atoms with Gasteiger partial charge in [-0.25, -0.2) is 18.7 Å². The third kappa shape index (κ3) is 2.97. The summed E-state index contributed by atoms with van der Waals surface area (Å²) in [5, 5.41) is 6.26. The molecule has 1 aromatic carbocycles. The van der Waals surface area contributed by atoms with E-state index in [1.165, 1.54) is 25.7 Å². The smallest absolute Gasteiger partial charge is 0.149 e. The summed E-state index contributed by atoms with van der Waals surface area (Å²) in [6.07, 6.45) is 2.50. The molecule has 8 heteroatoms. The molecule has 0 bridgehead atoms. The van der Waals surface area contributed by atoms with Crippen LogP contribution in [0.2, 0.25) is 0 Å². The number of nitrogens with one attached hydrogen (secondary N) is 1. The van der Waals surface area contributed by atoms with Crippen molar-refractivity contribution in [3.05, 3.63) is 41.7 Å². The van der Waals surface area contributed by atoms with E-state index in [0.717, 1.165) is 12.1 Å². The molecular formula is C12H11F2N5O. The Morgan fingerprint density at radius 1 is 1.35 bits per heavy atom. The molecule has 0 atom stereocenters. The van der Waals surface area contributed by atoms with Crippen LogP contribution in [0, 0.1) is 11.6 Å². The first kappa shape index (κ1) is 13.7. The molecule has 1 aromatic heterocycles. The highest BCUT2D eigenvalue weighted by Gasteiger charge is 2.10. The van der Waals surface area contributed by atoms with Gasteiger partial charge in [-0.3, -0.25) is 0 Å². The number of nitrogens with two attached hydrogens (primary N) is 1. The molecule has 2 rings (SSSR count). The molecule has 0 radical (unpaired) electrons. The first-order chi connectivity index (χ1) is 9.61. The van der Waals surface area contributed by atoms with E-state index in [1.54, 1.807) is 0 Å². The fraction of sp³-hybridized carbons (Fsp3) is 0.0833. The zero-order chi connectivity index (χ0) is 14.5. The van der Waals surface area contributed by atoms with E-state index in [-0.39, 0.29) is 17.3 Å². The van der Waals surface area contributed by atoms with E-state index in [1.807, 2.05) is 0 Å². The minimum Gasteiger partial charge on any atom is -0.399 e. The maximum absolute atomic E-state index is 13.6. The minimum atomic E-state index is -0.753. The Hall–Kier alpha value is -2.77. The van der Waals surface area contributed by atoms with Gasteiger partial charge in [-0.2, -0.15) is 0 Å². The average Bonchev–Trinajstić information content (AvgIpc) is 2.41. The molecule has 2 aromatic rings. The third-order valence-corrected chi connectivity index (χ3v) is 2.39. The lowest BCUT2D eigenvalue weighted by Crippen LogP contribution is -2.06. The third-order valence-electron chi connectivity index (χ3n) is 2.39. The van der Waals surface area contributed by atoms with Crippen LogP contribution in [0.4, 0.5) is 26.1 Å². The van der Waals surface area contributed by atoms with Gasteiger partial charge in [-0.15, -0.1) is 0 Å². The van der Waals surface area contributed by atoms with Gasteiger partial charge in [0, 0.05) is 6.07 Å². The molecule has 3 N–H and O–H groups in total. The molecule has 0 amide bonds. The summed E-state index contributed by atoms with van der Waals surface area (Å²) in [5.41, 5.74) is 6.07. The second-order valence-electron chi connectivity index (χ2n) is 3.69. The van der Waals surface area contributed by atoms with E-state index in [4.69, 9.17) is 5.73 Å². The van der Waals surface area contributed by atoms with Crippen LogP contribution in [0.1, 0.15) is 5.56 Å². The summed E-state index contributed by atoms with van der Waals surface area (Å²) in [6, 6.07) is 3.13. The molecule has 0 aliphatic carbocycles. The van der Waals surface area contributed by atoms with Crippen LogP contribution < -0.4 is 11.1 Å². The second kappa shape index (κ2) is 5.91. The summed E-state index contributed by atoms with van der Waals surface area (Å²) >= 11 is 0. The van der Waals surface area contributed by atoms with Crippen LogP contribution in [0.3, 0.4) is 0 Å². The molecule has 0 fully saturated rings. The highest BCUT2D eigenvalue weighted by molar-refractivity contribution is 5.92. The number of nitrogen functional groups attached to an aromatic ring is 1. The monoisotopic (exact) mass is 279 g/mol. The summed E-state index contributed by atoms with van der Waals surface area (Å²) in [6.45, 7) is 0. The number of nitrogens with zero attached hydrogens (tertiary/aromatic N) is 3. The Kier molecular flexibility index (Phi) is 4.04. The van der Waals surface area contributed by atoms with Crippen LogP contribution in [0.5, 0.6) is 0 Å². The lowest BCUT2D eigenvalue weighted by Gasteiger charge is -2.10. The molecule has 0 aliphatic heterocycles. The number of aromatic nitrogens is 2. The zero-order valence-corrected chi connectivity index (χ0v) is 10.5. The lowest BCUT2D eigenvalue weighted by atomic mass is 10.2. The van der Waals surface area contributed by atoms with Gasteiger partial charge in [0.15, 0.2) is 0 Å². The summed E-state index contributed by atoms with van der Waals surface area (Å²) in [4.78, 5) is 12.3. The predicted octanol–water partition coefficient (Wildman–Crippen LogP) is 2.06. The Bertz CT molecular complexity index is 648. The molecule has 0 unspecified atom stereocenters. The zero-order valence-electron chi connectivity index (χ0n) is 10.5. The normalized spacial score (nSPS) is 10.8. The van der Waals surface area contributed by atoms with E-state index in [9.17, 15) is 8.78 Å². The van der Waals surface area contributed by atoms with E-state index < -0.39 is 11.6 Å². The minimum absolute atomic E-state index is 0.0524. The Labute approximate surface area is 113 Å². The molecule has 104 valence electrons. The SMILES string of the molecule is CO/N=C/c1c(N)ncnc1Nc1ccc(F)cc1F. The number of halogens is 2. The van der Waals surface area contributed by atoms with Crippen molar-refractivity contribution in [2.75, 3.05) is 18.2 Å². The molecule has 0 spiro atoms. The average molecular weight is 279 g/mol. The maximum Gasteiger partial charge on any atom is 0.149 e. The number of anilines is 3. The van der Waals surface area contributed by atoms with Crippen molar-refractivity contribution < 1.29 is 13.6 Å². The summed E-state index contributed by atoms with van der Waals surface area (Å²) in [5.74, 6) is -1.05. The standard InChI is InChI=1S/C12H11F2N5O/c1-20-18-5-8-11(15)16-6-17-12(8)19-10-3-2-7(13)4-9(10)14/h2-6H,1H3,(H3,15,16,17,19)/b18-5+. The Morgan fingerprint density at radius 3 is 2.85 bits per heavy atom. The van der Waals surface area contributed by atoms with Gasteiger partial charge in [0.05, 0.1) is 17.5 Å².